The van der Waals surface area contributed by atoms with E-state index in [0.717, 1.165) is 5.56 Å². The van der Waals surface area contributed by atoms with Gasteiger partial charge < -0.3 is 14.4 Å². The molecular weight excluding hydrogens is 430 g/mol. The van der Waals surface area contributed by atoms with Crippen LogP contribution < -0.4 is 9.47 Å². The quantitative estimate of drug-likeness (QED) is 0.462. The van der Waals surface area contributed by atoms with E-state index in [9.17, 15) is 18.0 Å². The summed E-state index contributed by atoms with van der Waals surface area (Å²) < 4.78 is 36.7. The summed E-state index contributed by atoms with van der Waals surface area (Å²) >= 11 is 0. The van der Waals surface area contributed by atoms with Crippen molar-refractivity contribution in [3.8, 4) is 11.5 Å². The number of carbonyl (C=O) groups excluding carboxylic acids is 2. The Bertz CT molecular complexity index is 1350. The summed E-state index contributed by atoms with van der Waals surface area (Å²) in [6.45, 7) is 0.269. The molecule has 3 aromatic rings. The maximum Gasteiger partial charge on any atom is 0.253 e. The third kappa shape index (κ3) is 3.52. The minimum absolute atomic E-state index is 0.0409. The molecule has 0 unspecified atom stereocenters. The average Bonchev–Trinajstić information content (AvgIpc) is 2.81. The fourth-order valence-corrected chi connectivity index (χ4v) is 5.44. The van der Waals surface area contributed by atoms with Crippen molar-refractivity contribution in [3.05, 3.63) is 82.9 Å². The number of fused-ring (bicyclic) bond motifs is 2. The molecule has 1 amide bonds. The second-order valence-corrected chi connectivity index (χ2v) is 9.28. The molecule has 7 nitrogen and oxygen atoms in total. The number of hydrogen-bond donors (Lipinski definition) is 0. The van der Waals surface area contributed by atoms with Gasteiger partial charge >= 0.3 is 0 Å². The van der Waals surface area contributed by atoms with Crippen molar-refractivity contribution in [1.29, 1.82) is 0 Å². The Morgan fingerprint density at radius 2 is 1.56 bits per heavy atom. The summed E-state index contributed by atoms with van der Waals surface area (Å²) in [6.07, 6.45) is 0. The molecule has 1 aliphatic rings. The molecule has 1 heterocycles. The largest absolute Gasteiger partial charge is 0.493 e. The van der Waals surface area contributed by atoms with Crippen molar-refractivity contribution in [2.75, 3.05) is 21.3 Å². The number of carbonyl (C=O) groups is 2. The van der Waals surface area contributed by atoms with E-state index in [1.807, 2.05) is 6.07 Å². The molecule has 1 aliphatic heterocycles. The molecule has 0 spiro atoms. The van der Waals surface area contributed by atoms with Crippen LogP contribution in [-0.4, -0.2) is 46.3 Å². The van der Waals surface area contributed by atoms with Crippen molar-refractivity contribution >= 4 is 21.5 Å². The molecule has 0 aliphatic carbocycles. The first-order chi connectivity index (χ1) is 15.3. The first-order valence-electron chi connectivity index (χ1n) is 9.77. The van der Waals surface area contributed by atoms with Crippen LogP contribution in [0, 0.1) is 0 Å². The Balaban J connectivity index is 1.65. The number of nitrogens with zero attached hydrogens (tertiary/aromatic N) is 1. The van der Waals surface area contributed by atoms with E-state index >= 15 is 0 Å². The normalized spacial score (nSPS) is 13.7. The smallest absolute Gasteiger partial charge is 0.253 e. The molecule has 0 atom stereocenters. The van der Waals surface area contributed by atoms with Crippen molar-refractivity contribution < 1.29 is 27.5 Å². The second kappa shape index (κ2) is 8.12. The third-order valence-corrected chi connectivity index (χ3v) is 7.25. The van der Waals surface area contributed by atoms with Crippen LogP contribution in [0.1, 0.15) is 31.8 Å². The summed E-state index contributed by atoms with van der Waals surface area (Å²) in [5, 5.41) is 0. The number of hydrogen-bond acceptors (Lipinski definition) is 6. The zero-order chi connectivity index (χ0) is 23.0. The Kier molecular flexibility index (Phi) is 5.48. The van der Waals surface area contributed by atoms with E-state index in [0.29, 0.717) is 11.5 Å². The van der Waals surface area contributed by atoms with Gasteiger partial charge in [-0.15, -0.1) is 0 Å². The zero-order valence-electron chi connectivity index (χ0n) is 17.8. The first-order valence-corrected chi connectivity index (χ1v) is 11.3. The molecule has 32 heavy (non-hydrogen) atoms. The lowest BCUT2D eigenvalue weighted by molar-refractivity contribution is 0.0784. The van der Waals surface area contributed by atoms with Crippen LogP contribution in [0.2, 0.25) is 0 Å². The van der Waals surface area contributed by atoms with Gasteiger partial charge in [-0.05, 0) is 48.0 Å². The molecule has 0 radical (unpaired) electrons. The maximum absolute atomic E-state index is 13.1. The molecule has 0 N–H and O–H groups in total. The van der Waals surface area contributed by atoms with Crippen molar-refractivity contribution in [3.63, 3.8) is 0 Å². The molecular formula is C24H21NO6S. The molecule has 8 heteroatoms. The Hall–Kier alpha value is -3.65. The van der Waals surface area contributed by atoms with Crippen molar-refractivity contribution in [2.24, 2.45) is 0 Å². The average molecular weight is 452 g/mol. The lowest BCUT2D eigenvalue weighted by Gasteiger charge is -2.21. The SMILES string of the molecule is COc1ccc(CN(C)C(=O)c2ccc3c(c2)S(=O)(=O)c2ccccc2C3=O)cc1OC. The van der Waals surface area contributed by atoms with Crippen LogP contribution >= 0.6 is 0 Å². The van der Waals surface area contributed by atoms with Gasteiger partial charge in [-0.1, -0.05) is 18.2 Å². The van der Waals surface area contributed by atoms with Gasteiger partial charge in [-0.25, -0.2) is 8.42 Å². The minimum atomic E-state index is -3.91. The fourth-order valence-electron chi connectivity index (χ4n) is 3.76. The van der Waals surface area contributed by atoms with E-state index in [1.54, 1.807) is 38.4 Å². The summed E-state index contributed by atoms with van der Waals surface area (Å²) in [4.78, 5) is 27.1. The number of methoxy groups -OCH3 is 2. The summed E-state index contributed by atoms with van der Waals surface area (Å²) in [6, 6.07) is 15.6. The second-order valence-electron chi connectivity index (χ2n) is 7.39. The molecule has 0 saturated carbocycles. The highest BCUT2D eigenvalue weighted by Crippen LogP contribution is 2.35. The van der Waals surface area contributed by atoms with Crippen molar-refractivity contribution in [1.82, 2.24) is 4.90 Å². The predicted molar refractivity (Wildman–Crippen MR) is 117 cm³/mol. The van der Waals surface area contributed by atoms with Crippen LogP contribution in [-0.2, 0) is 16.4 Å². The van der Waals surface area contributed by atoms with Gasteiger partial charge in [0.05, 0.1) is 24.0 Å². The Labute approximate surface area is 186 Å². The fraction of sp³-hybridized carbons (Fsp3) is 0.167. The van der Waals surface area contributed by atoms with Crippen LogP contribution in [0.4, 0.5) is 0 Å². The lowest BCUT2D eigenvalue weighted by atomic mass is 10.0. The highest BCUT2D eigenvalue weighted by atomic mass is 32.2. The zero-order valence-corrected chi connectivity index (χ0v) is 18.6. The predicted octanol–water partition coefficient (Wildman–Crippen LogP) is 3.35. The van der Waals surface area contributed by atoms with Crippen LogP contribution in [0.5, 0.6) is 11.5 Å². The van der Waals surface area contributed by atoms with Crippen LogP contribution in [0.15, 0.2) is 70.5 Å². The summed E-state index contributed by atoms with van der Waals surface area (Å²) in [7, 11) is 0.778. The highest BCUT2D eigenvalue weighted by molar-refractivity contribution is 7.91. The van der Waals surface area contributed by atoms with E-state index < -0.39 is 9.84 Å². The number of rotatable bonds is 5. The van der Waals surface area contributed by atoms with Gasteiger partial charge in [-0.2, -0.15) is 0 Å². The molecule has 0 saturated heterocycles. The third-order valence-electron chi connectivity index (χ3n) is 5.40. The standard InChI is InChI=1S/C24H21NO6S/c1-25(14-15-8-11-19(30-2)20(12-15)31-3)24(27)16-9-10-18-22(13-16)32(28,29)21-7-5-4-6-17(21)23(18)26/h4-13H,14H2,1-3H3. The Morgan fingerprint density at radius 3 is 2.28 bits per heavy atom. The van der Waals surface area contributed by atoms with Gasteiger partial charge in [0, 0.05) is 30.3 Å². The number of sulfone groups is 1. The van der Waals surface area contributed by atoms with E-state index in [1.165, 1.54) is 42.3 Å². The monoisotopic (exact) mass is 451 g/mol. The summed E-state index contributed by atoms with van der Waals surface area (Å²) in [5.74, 6) is 0.380. The molecule has 0 aromatic heterocycles. The van der Waals surface area contributed by atoms with Gasteiger partial charge in [0.25, 0.3) is 5.91 Å². The molecule has 0 fully saturated rings. The van der Waals surface area contributed by atoms with Gasteiger partial charge in [-0.3, -0.25) is 9.59 Å². The van der Waals surface area contributed by atoms with E-state index in [2.05, 4.69) is 0 Å². The van der Waals surface area contributed by atoms with E-state index in [4.69, 9.17) is 9.47 Å². The lowest BCUT2D eigenvalue weighted by Crippen LogP contribution is -2.27. The Morgan fingerprint density at radius 1 is 0.875 bits per heavy atom. The summed E-state index contributed by atoms with van der Waals surface area (Å²) in [5.41, 5.74) is 1.21. The number of amides is 1. The number of ketones is 1. The number of ether oxygens (including phenoxy) is 2. The first kappa shape index (κ1) is 21.6. The van der Waals surface area contributed by atoms with Gasteiger partial charge in [0.15, 0.2) is 17.3 Å². The van der Waals surface area contributed by atoms with Crippen molar-refractivity contribution in [2.45, 2.75) is 16.3 Å². The van der Waals surface area contributed by atoms with Gasteiger partial charge in [0.2, 0.25) is 9.84 Å². The van der Waals surface area contributed by atoms with Crippen LogP contribution in [0.3, 0.4) is 0 Å². The van der Waals surface area contributed by atoms with Gasteiger partial charge in [0.1, 0.15) is 0 Å². The molecule has 4 rings (SSSR count). The number of benzene rings is 3. The minimum Gasteiger partial charge on any atom is -0.493 e. The molecule has 164 valence electrons. The maximum atomic E-state index is 13.1. The highest BCUT2D eigenvalue weighted by Gasteiger charge is 2.35. The molecule has 3 aromatic carbocycles. The van der Waals surface area contributed by atoms with E-state index in [-0.39, 0.29) is 44.7 Å². The van der Waals surface area contributed by atoms with Crippen LogP contribution in [0.25, 0.3) is 0 Å². The molecule has 0 bridgehead atoms. The topological polar surface area (TPSA) is 90.0 Å².